The third kappa shape index (κ3) is 3.39. The number of hydrogen-bond donors (Lipinski definition) is 1. The molecule has 0 aliphatic heterocycles. The van der Waals surface area contributed by atoms with Crippen LogP contribution in [0.5, 0.6) is 0 Å². The Kier molecular flexibility index (Phi) is 4.65. The van der Waals surface area contributed by atoms with E-state index < -0.39 is 0 Å². The van der Waals surface area contributed by atoms with E-state index in [9.17, 15) is 0 Å². The van der Waals surface area contributed by atoms with Crippen LogP contribution in [0.25, 0.3) is 0 Å². The zero-order chi connectivity index (χ0) is 13.7. The third-order valence-corrected chi connectivity index (χ3v) is 3.15. The fourth-order valence-electron chi connectivity index (χ4n) is 2.06. The Labute approximate surface area is 113 Å². The Bertz CT molecular complexity index is 524. The molecular formula is C14H20N4O. The molecule has 0 spiro atoms. The summed E-state index contributed by atoms with van der Waals surface area (Å²) in [6.45, 7) is 3.51. The van der Waals surface area contributed by atoms with E-state index in [0.717, 1.165) is 12.4 Å². The standard InChI is InChI=1S/C14H20N4O/c1-11(14-17-16-10-18(14)2)15-8-12-6-4-5-7-13(12)9-19-3/h4-7,10-11,15H,8-9H2,1-3H3. The maximum atomic E-state index is 5.21. The number of aryl methyl sites for hydroxylation is 1. The predicted molar refractivity (Wildman–Crippen MR) is 73.4 cm³/mol. The van der Waals surface area contributed by atoms with Crippen LogP contribution in [0.4, 0.5) is 0 Å². The van der Waals surface area contributed by atoms with Crippen molar-refractivity contribution in [1.29, 1.82) is 0 Å². The van der Waals surface area contributed by atoms with Gasteiger partial charge in [-0.15, -0.1) is 10.2 Å². The van der Waals surface area contributed by atoms with Gasteiger partial charge in [0.15, 0.2) is 0 Å². The number of hydrogen-bond acceptors (Lipinski definition) is 4. The minimum Gasteiger partial charge on any atom is -0.380 e. The van der Waals surface area contributed by atoms with E-state index in [0.29, 0.717) is 6.61 Å². The van der Waals surface area contributed by atoms with Crippen molar-refractivity contribution in [2.75, 3.05) is 7.11 Å². The topological polar surface area (TPSA) is 52.0 Å². The summed E-state index contributed by atoms with van der Waals surface area (Å²) in [7, 11) is 3.67. The van der Waals surface area contributed by atoms with Crippen molar-refractivity contribution < 1.29 is 4.74 Å². The molecule has 0 amide bonds. The highest BCUT2D eigenvalue weighted by Crippen LogP contribution is 2.13. The van der Waals surface area contributed by atoms with E-state index in [1.807, 2.05) is 23.7 Å². The Morgan fingerprint density at radius 1 is 1.32 bits per heavy atom. The second kappa shape index (κ2) is 6.45. The SMILES string of the molecule is COCc1ccccc1CNC(C)c1nncn1C. The molecule has 2 aromatic rings. The lowest BCUT2D eigenvalue weighted by Crippen LogP contribution is -2.21. The Morgan fingerprint density at radius 2 is 2.05 bits per heavy atom. The molecule has 5 heteroatoms. The molecule has 102 valence electrons. The number of rotatable bonds is 6. The molecule has 0 aliphatic rings. The van der Waals surface area contributed by atoms with Crippen LogP contribution in [0.1, 0.15) is 29.9 Å². The van der Waals surface area contributed by atoms with Gasteiger partial charge in [-0.2, -0.15) is 0 Å². The van der Waals surface area contributed by atoms with Crippen LogP contribution in [-0.4, -0.2) is 21.9 Å². The van der Waals surface area contributed by atoms with Gasteiger partial charge in [-0.05, 0) is 18.1 Å². The molecule has 2 rings (SSSR count). The molecule has 0 saturated heterocycles. The Balaban J connectivity index is 2.01. The van der Waals surface area contributed by atoms with E-state index >= 15 is 0 Å². The molecule has 0 fully saturated rings. The quantitative estimate of drug-likeness (QED) is 0.860. The molecule has 1 aromatic carbocycles. The molecule has 0 bridgehead atoms. The van der Waals surface area contributed by atoms with Gasteiger partial charge in [-0.1, -0.05) is 24.3 Å². The molecule has 0 saturated carbocycles. The van der Waals surface area contributed by atoms with E-state index in [2.05, 4.69) is 34.6 Å². The first kappa shape index (κ1) is 13.7. The van der Waals surface area contributed by atoms with E-state index in [-0.39, 0.29) is 6.04 Å². The first-order valence-electron chi connectivity index (χ1n) is 6.35. The summed E-state index contributed by atoms with van der Waals surface area (Å²) in [4.78, 5) is 0. The normalized spacial score (nSPS) is 12.6. The van der Waals surface area contributed by atoms with Crippen molar-refractivity contribution in [3.8, 4) is 0 Å². The van der Waals surface area contributed by atoms with Gasteiger partial charge in [0.25, 0.3) is 0 Å². The van der Waals surface area contributed by atoms with Crippen molar-refractivity contribution in [2.24, 2.45) is 7.05 Å². The van der Waals surface area contributed by atoms with Crippen LogP contribution in [0, 0.1) is 0 Å². The molecule has 0 aliphatic carbocycles. The van der Waals surface area contributed by atoms with E-state index in [4.69, 9.17) is 4.74 Å². The molecule has 1 N–H and O–H groups in total. The van der Waals surface area contributed by atoms with Crippen molar-refractivity contribution in [2.45, 2.75) is 26.1 Å². The Hall–Kier alpha value is -1.72. The smallest absolute Gasteiger partial charge is 0.149 e. The summed E-state index contributed by atoms with van der Waals surface area (Å²) < 4.78 is 7.14. The first-order chi connectivity index (χ1) is 9.22. The van der Waals surface area contributed by atoms with Crippen LogP contribution in [0.3, 0.4) is 0 Å². The first-order valence-corrected chi connectivity index (χ1v) is 6.35. The number of benzene rings is 1. The van der Waals surface area contributed by atoms with Gasteiger partial charge in [0.2, 0.25) is 0 Å². The largest absolute Gasteiger partial charge is 0.380 e. The Morgan fingerprint density at radius 3 is 2.68 bits per heavy atom. The van der Waals surface area contributed by atoms with Crippen LogP contribution in [0.15, 0.2) is 30.6 Å². The average molecular weight is 260 g/mol. The van der Waals surface area contributed by atoms with Crippen LogP contribution in [-0.2, 0) is 24.9 Å². The molecule has 1 heterocycles. The number of nitrogens with one attached hydrogen (secondary N) is 1. The molecule has 1 atom stereocenters. The van der Waals surface area contributed by atoms with Gasteiger partial charge >= 0.3 is 0 Å². The highest BCUT2D eigenvalue weighted by Gasteiger charge is 2.11. The molecule has 19 heavy (non-hydrogen) atoms. The summed E-state index contributed by atoms with van der Waals surface area (Å²) in [5.74, 6) is 0.934. The van der Waals surface area contributed by atoms with Gasteiger partial charge in [0, 0.05) is 20.7 Å². The fraction of sp³-hybridized carbons (Fsp3) is 0.429. The van der Waals surface area contributed by atoms with Crippen molar-refractivity contribution in [3.05, 3.63) is 47.5 Å². The molecule has 0 radical (unpaired) electrons. The van der Waals surface area contributed by atoms with Gasteiger partial charge < -0.3 is 14.6 Å². The molecular weight excluding hydrogens is 240 g/mol. The van der Waals surface area contributed by atoms with Crippen molar-refractivity contribution in [3.63, 3.8) is 0 Å². The lowest BCUT2D eigenvalue weighted by Gasteiger charge is -2.15. The zero-order valence-electron chi connectivity index (χ0n) is 11.6. The number of ether oxygens (including phenoxy) is 1. The number of nitrogens with zero attached hydrogens (tertiary/aromatic N) is 3. The van der Waals surface area contributed by atoms with Crippen LogP contribution in [0.2, 0.25) is 0 Å². The predicted octanol–water partition coefficient (Wildman–Crippen LogP) is 1.81. The summed E-state index contributed by atoms with van der Waals surface area (Å²) in [6.07, 6.45) is 1.71. The van der Waals surface area contributed by atoms with Gasteiger partial charge in [0.05, 0.1) is 12.6 Å². The zero-order valence-corrected chi connectivity index (χ0v) is 11.6. The summed E-state index contributed by atoms with van der Waals surface area (Å²) in [5, 5.41) is 11.5. The van der Waals surface area contributed by atoms with E-state index in [1.165, 1.54) is 11.1 Å². The number of aromatic nitrogens is 3. The van der Waals surface area contributed by atoms with Gasteiger partial charge in [-0.3, -0.25) is 0 Å². The molecule has 5 nitrogen and oxygen atoms in total. The van der Waals surface area contributed by atoms with Crippen LogP contribution >= 0.6 is 0 Å². The van der Waals surface area contributed by atoms with E-state index in [1.54, 1.807) is 13.4 Å². The van der Waals surface area contributed by atoms with Crippen LogP contribution < -0.4 is 5.32 Å². The fourth-order valence-corrected chi connectivity index (χ4v) is 2.06. The highest BCUT2D eigenvalue weighted by atomic mass is 16.5. The highest BCUT2D eigenvalue weighted by molar-refractivity contribution is 5.26. The van der Waals surface area contributed by atoms with Gasteiger partial charge in [-0.25, -0.2) is 0 Å². The second-order valence-corrected chi connectivity index (χ2v) is 4.60. The monoisotopic (exact) mass is 260 g/mol. The minimum absolute atomic E-state index is 0.156. The third-order valence-electron chi connectivity index (χ3n) is 3.15. The lowest BCUT2D eigenvalue weighted by molar-refractivity contribution is 0.184. The maximum absolute atomic E-state index is 5.21. The van der Waals surface area contributed by atoms with Gasteiger partial charge in [0.1, 0.15) is 12.2 Å². The number of methoxy groups -OCH3 is 1. The summed E-state index contributed by atoms with van der Waals surface area (Å²) >= 11 is 0. The van der Waals surface area contributed by atoms with Crippen molar-refractivity contribution in [1.82, 2.24) is 20.1 Å². The molecule has 1 unspecified atom stereocenters. The average Bonchev–Trinajstić information content (AvgIpc) is 2.84. The summed E-state index contributed by atoms with van der Waals surface area (Å²) in [5.41, 5.74) is 2.46. The minimum atomic E-state index is 0.156. The summed E-state index contributed by atoms with van der Waals surface area (Å²) in [6, 6.07) is 8.44. The molecule has 1 aromatic heterocycles. The maximum Gasteiger partial charge on any atom is 0.149 e. The lowest BCUT2D eigenvalue weighted by atomic mass is 10.1. The second-order valence-electron chi connectivity index (χ2n) is 4.60. The van der Waals surface area contributed by atoms with Crippen molar-refractivity contribution >= 4 is 0 Å².